The summed E-state index contributed by atoms with van der Waals surface area (Å²) in [5, 5.41) is 2.50. The second-order valence-electron chi connectivity index (χ2n) is 6.09. The first-order valence-corrected chi connectivity index (χ1v) is 8.95. The van der Waals surface area contributed by atoms with Gasteiger partial charge in [0.2, 0.25) is 10.0 Å². The van der Waals surface area contributed by atoms with Crippen LogP contribution in [0.5, 0.6) is 0 Å². The summed E-state index contributed by atoms with van der Waals surface area (Å²) in [5.41, 5.74) is 6.45. The van der Waals surface area contributed by atoms with Crippen LogP contribution in [0, 0.1) is 11.8 Å². The van der Waals surface area contributed by atoms with Gasteiger partial charge < -0.3 is 11.1 Å². The summed E-state index contributed by atoms with van der Waals surface area (Å²) in [5.74, 6) is 0.537. The standard InChI is InChI=1S/C15H21N3O3S/c1-17-15(19)11-3-2-4-12(7-11)22(20,21)18-8-13(10-5-6-10)14(16)9-18/h2-4,7,10,13-14H,5-6,8-9,16H2,1H3,(H,17,19)/t13-,14+/m1/s1. The molecule has 1 amide bonds. The van der Waals surface area contributed by atoms with Crippen molar-refractivity contribution in [2.24, 2.45) is 17.6 Å². The second-order valence-corrected chi connectivity index (χ2v) is 8.03. The third-order valence-corrected chi connectivity index (χ3v) is 6.40. The molecule has 0 unspecified atom stereocenters. The Hall–Kier alpha value is -1.44. The van der Waals surface area contributed by atoms with E-state index >= 15 is 0 Å². The van der Waals surface area contributed by atoms with Crippen molar-refractivity contribution in [1.29, 1.82) is 0 Å². The van der Waals surface area contributed by atoms with Crippen LogP contribution < -0.4 is 11.1 Å². The van der Waals surface area contributed by atoms with E-state index < -0.39 is 10.0 Å². The molecule has 2 atom stereocenters. The summed E-state index contributed by atoms with van der Waals surface area (Å²) >= 11 is 0. The Morgan fingerprint density at radius 3 is 2.68 bits per heavy atom. The van der Waals surface area contributed by atoms with Crippen LogP contribution in [-0.2, 0) is 10.0 Å². The quantitative estimate of drug-likeness (QED) is 0.839. The molecule has 22 heavy (non-hydrogen) atoms. The number of amides is 1. The average Bonchev–Trinajstić information content (AvgIpc) is 3.28. The van der Waals surface area contributed by atoms with Crippen LogP contribution >= 0.6 is 0 Å². The van der Waals surface area contributed by atoms with E-state index in [0.717, 1.165) is 12.8 Å². The molecule has 1 saturated carbocycles. The lowest BCUT2D eigenvalue weighted by atomic mass is 9.99. The Balaban J connectivity index is 1.85. The molecule has 1 aliphatic heterocycles. The van der Waals surface area contributed by atoms with Crippen molar-refractivity contribution in [3.63, 3.8) is 0 Å². The third-order valence-electron chi connectivity index (χ3n) is 4.57. The van der Waals surface area contributed by atoms with E-state index in [1.807, 2.05) is 0 Å². The van der Waals surface area contributed by atoms with Gasteiger partial charge in [-0.3, -0.25) is 4.79 Å². The molecule has 3 rings (SSSR count). The van der Waals surface area contributed by atoms with Gasteiger partial charge in [-0.25, -0.2) is 8.42 Å². The van der Waals surface area contributed by atoms with Crippen LogP contribution in [0.4, 0.5) is 0 Å². The van der Waals surface area contributed by atoms with Crippen molar-refractivity contribution in [3.8, 4) is 0 Å². The lowest BCUT2D eigenvalue weighted by Gasteiger charge is -2.16. The van der Waals surface area contributed by atoms with E-state index in [-0.39, 0.29) is 22.8 Å². The Kier molecular flexibility index (Phi) is 3.96. The summed E-state index contributed by atoms with van der Waals surface area (Å²) in [6, 6.07) is 6.04. The van der Waals surface area contributed by atoms with Crippen molar-refractivity contribution < 1.29 is 13.2 Å². The SMILES string of the molecule is CNC(=O)c1cccc(S(=O)(=O)N2C[C@H](C3CC3)[C@@H](N)C2)c1. The minimum atomic E-state index is -3.60. The molecule has 2 aliphatic rings. The zero-order valence-corrected chi connectivity index (χ0v) is 13.3. The first-order valence-electron chi connectivity index (χ1n) is 7.51. The Bertz CT molecular complexity index is 685. The van der Waals surface area contributed by atoms with Crippen molar-refractivity contribution in [2.45, 2.75) is 23.8 Å². The normalized spacial score (nSPS) is 26.1. The fraction of sp³-hybridized carbons (Fsp3) is 0.533. The van der Waals surface area contributed by atoms with Crippen LogP contribution in [-0.4, -0.2) is 44.8 Å². The van der Waals surface area contributed by atoms with Crippen LogP contribution in [0.15, 0.2) is 29.2 Å². The minimum absolute atomic E-state index is 0.0931. The molecule has 3 N–H and O–H groups in total. The van der Waals surface area contributed by atoms with Crippen LogP contribution in [0.1, 0.15) is 23.2 Å². The highest BCUT2D eigenvalue weighted by molar-refractivity contribution is 7.89. The predicted octanol–water partition coefficient (Wildman–Crippen LogP) is 0.404. The Morgan fingerprint density at radius 1 is 1.32 bits per heavy atom. The highest BCUT2D eigenvalue weighted by atomic mass is 32.2. The number of hydrogen-bond donors (Lipinski definition) is 2. The highest BCUT2D eigenvalue weighted by Crippen LogP contribution is 2.41. The largest absolute Gasteiger partial charge is 0.355 e. The number of hydrogen-bond acceptors (Lipinski definition) is 4. The van der Waals surface area contributed by atoms with Gasteiger partial charge in [-0.1, -0.05) is 6.07 Å². The van der Waals surface area contributed by atoms with Crippen molar-refractivity contribution in [1.82, 2.24) is 9.62 Å². The maximum absolute atomic E-state index is 12.8. The summed E-state index contributed by atoms with van der Waals surface area (Å²) in [4.78, 5) is 11.8. The molecular weight excluding hydrogens is 302 g/mol. The third kappa shape index (κ3) is 2.76. The lowest BCUT2D eigenvalue weighted by Crippen LogP contribution is -2.32. The van der Waals surface area contributed by atoms with Gasteiger partial charge in [-0.05, 0) is 42.9 Å². The summed E-state index contributed by atoms with van der Waals surface area (Å²) in [6.45, 7) is 0.839. The van der Waals surface area contributed by atoms with E-state index in [1.165, 1.54) is 23.5 Å². The lowest BCUT2D eigenvalue weighted by molar-refractivity contribution is 0.0963. The maximum atomic E-state index is 12.8. The topological polar surface area (TPSA) is 92.5 Å². The molecule has 1 saturated heterocycles. The highest BCUT2D eigenvalue weighted by Gasteiger charge is 2.44. The van der Waals surface area contributed by atoms with Gasteiger partial charge in [0.25, 0.3) is 5.91 Å². The van der Waals surface area contributed by atoms with E-state index in [0.29, 0.717) is 24.6 Å². The number of carbonyl (C=O) groups is 1. The number of rotatable bonds is 4. The molecule has 120 valence electrons. The molecule has 7 heteroatoms. The fourth-order valence-electron chi connectivity index (χ4n) is 3.13. The van der Waals surface area contributed by atoms with Gasteiger partial charge in [0.15, 0.2) is 0 Å². The molecule has 1 heterocycles. The van der Waals surface area contributed by atoms with Gasteiger partial charge in [0.1, 0.15) is 0 Å². The minimum Gasteiger partial charge on any atom is -0.355 e. The monoisotopic (exact) mass is 323 g/mol. The molecule has 2 fully saturated rings. The predicted molar refractivity (Wildman–Crippen MR) is 82.8 cm³/mol. The van der Waals surface area contributed by atoms with E-state index in [9.17, 15) is 13.2 Å². The van der Waals surface area contributed by atoms with Gasteiger partial charge in [0.05, 0.1) is 4.90 Å². The number of nitrogens with zero attached hydrogens (tertiary/aromatic N) is 1. The first-order chi connectivity index (χ1) is 10.4. The number of nitrogens with one attached hydrogen (secondary N) is 1. The number of nitrogens with two attached hydrogens (primary N) is 1. The molecule has 1 aromatic rings. The van der Waals surface area contributed by atoms with Gasteiger partial charge in [0, 0.05) is 31.7 Å². The van der Waals surface area contributed by atoms with E-state index in [1.54, 1.807) is 12.1 Å². The Labute approximate surface area is 130 Å². The maximum Gasteiger partial charge on any atom is 0.251 e. The molecule has 1 aliphatic carbocycles. The number of carbonyl (C=O) groups excluding carboxylic acids is 1. The Morgan fingerprint density at radius 2 is 2.05 bits per heavy atom. The van der Waals surface area contributed by atoms with E-state index in [2.05, 4.69) is 5.32 Å². The van der Waals surface area contributed by atoms with Crippen molar-refractivity contribution in [2.75, 3.05) is 20.1 Å². The van der Waals surface area contributed by atoms with Crippen LogP contribution in [0.3, 0.4) is 0 Å². The molecule has 0 radical (unpaired) electrons. The zero-order valence-electron chi connectivity index (χ0n) is 12.5. The van der Waals surface area contributed by atoms with Crippen LogP contribution in [0.2, 0.25) is 0 Å². The molecular formula is C15H21N3O3S. The van der Waals surface area contributed by atoms with Gasteiger partial charge in [-0.15, -0.1) is 0 Å². The van der Waals surface area contributed by atoms with E-state index in [4.69, 9.17) is 5.73 Å². The molecule has 6 nitrogen and oxygen atoms in total. The first kappa shape index (κ1) is 15.5. The molecule has 1 aromatic carbocycles. The van der Waals surface area contributed by atoms with Crippen LogP contribution in [0.25, 0.3) is 0 Å². The fourth-order valence-corrected chi connectivity index (χ4v) is 4.69. The summed E-state index contributed by atoms with van der Waals surface area (Å²) < 4.78 is 27.0. The average molecular weight is 323 g/mol. The molecule has 0 aromatic heterocycles. The smallest absolute Gasteiger partial charge is 0.251 e. The summed E-state index contributed by atoms with van der Waals surface area (Å²) in [7, 11) is -2.08. The van der Waals surface area contributed by atoms with Crippen molar-refractivity contribution in [3.05, 3.63) is 29.8 Å². The van der Waals surface area contributed by atoms with Gasteiger partial charge >= 0.3 is 0 Å². The van der Waals surface area contributed by atoms with Crippen molar-refractivity contribution >= 4 is 15.9 Å². The van der Waals surface area contributed by atoms with Gasteiger partial charge in [-0.2, -0.15) is 4.31 Å². The molecule has 0 spiro atoms. The summed E-state index contributed by atoms with van der Waals surface area (Å²) in [6.07, 6.45) is 2.30. The number of sulfonamides is 1. The molecule has 0 bridgehead atoms. The number of benzene rings is 1. The second kappa shape index (κ2) is 5.64. The zero-order chi connectivity index (χ0) is 15.9.